The van der Waals surface area contributed by atoms with Gasteiger partial charge in [-0.3, -0.25) is 0 Å². The van der Waals surface area contributed by atoms with Crippen molar-refractivity contribution in [2.75, 3.05) is 32.9 Å². The molecule has 1 aliphatic heterocycles. The van der Waals surface area contributed by atoms with Crippen LogP contribution in [0.1, 0.15) is 19.8 Å². The number of rotatable bonds is 8. The van der Waals surface area contributed by atoms with Gasteiger partial charge in [-0.1, -0.05) is 0 Å². The van der Waals surface area contributed by atoms with E-state index in [4.69, 9.17) is 9.47 Å². The summed E-state index contributed by atoms with van der Waals surface area (Å²) < 4.78 is 38.0. The van der Waals surface area contributed by atoms with Crippen molar-refractivity contribution in [2.24, 2.45) is 0 Å². The van der Waals surface area contributed by atoms with Gasteiger partial charge in [-0.15, -0.1) is 0 Å². The summed E-state index contributed by atoms with van der Waals surface area (Å²) in [6, 6.07) is 6.42. The van der Waals surface area contributed by atoms with Crippen molar-refractivity contribution in [3.63, 3.8) is 0 Å². The van der Waals surface area contributed by atoms with Gasteiger partial charge in [-0.2, -0.15) is 0 Å². The lowest BCUT2D eigenvalue weighted by Crippen LogP contribution is -2.45. The Morgan fingerprint density at radius 1 is 1.27 bits per heavy atom. The number of nitrogens with one attached hydrogen (secondary N) is 2. The molecule has 0 bridgehead atoms. The molecule has 1 aromatic rings. The maximum Gasteiger partial charge on any atom is 0.240 e. The Morgan fingerprint density at radius 2 is 2.05 bits per heavy atom. The van der Waals surface area contributed by atoms with Crippen molar-refractivity contribution < 1.29 is 17.9 Å². The zero-order valence-corrected chi connectivity index (χ0v) is 13.7. The third-order valence-electron chi connectivity index (χ3n) is 3.45. The Balaban J connectivity index is 1.90. The Bertz CT molecular complexity index is 539. The van der Waals surface area contributed by atoms with Crippen LogP contribution in [0.3, 0.4) is 0 Å². The number of benzene rings is 1. The molecule has 1 aliphatic rings. The number of ether oxygens (including phenoxy) is 2. The van der Waals surface area contributed by atoms with Crippen LogP contribution in [-0.2, 0) is 14.8 Å². The molecule has 0 amide bonds. The summed E-state index contributed by atoms with van der Waals surface area (Å²) in [7, 11) is -3.48. The number of hydrogen-bond acceptors (Lipinski definition) is 5. The van der Waals surface area contributed by atoms with Crippen LogP contribution < -0.4 is 14.8 Å². The molecule has 2 N–H and O–H groups in total. The van der Waals surface area contributed by atoms with Crippen LogP contribution >= 0.6 is 0 Å². The van der Waals surface area contributed by atoms with Gasteiger partial charge >= 0.3 is 0 Å². The van der Waals surface area contributed by atoms with Crippen molar-refractivity contribution >= 4 is 10.0 Å². The standard InChI is InChI=1S/C15H24N2O4S/c1-2-20-10-11-21-14-5-7-15(8-6-14)22(18,19)17-13-4-3-9-16-12-13/h5-8,13,16-17H,2-4,9-12H2,1H3. The number of hydrogen-bond donors (Lipinski definition) is 2. The van der Waals surface area contributed by atoms with E-state index >= 15 is 0 Å². The molecular weight excluding hydrogens is 304 g/mol. The minimum atomic E-state index is -3.48. The molecule has 124 valence electrons. The van der Waals surface area contributed by atoms with E-state index in [1.807, 2.05) is 6.92 Å². The molecule has 1 atom stereocenters. The Hall–Kier alpha value is -1.15. The third kappa shape index (κ3) is 5.24. The molecule has 22 heavy (non-hydrogen) atoms. The molecule has 2 rings (SSSR count). The summed E-state index contributed by atoms with van der Waals surface area (Å²) in [6.07, 6.45) is 1.85. The van der Waals surface area contributed by atoms with E-state index < -0.39 is 10.0 Å². The lowest BCUT2D eigenvalue weighted by Gasteiger charge is -2.23. The minimum absolute atomic E-state index is 0.0409. The van der Waals surface area contributed by atoms with Gasteiger partial charge in [-0.25, -0.2) is 13.1 Å². The van der Waals surface area contributed by atoms with E-state index in [0.717, 1.165) is 19.4 Å². The maximum absolute atomic E-state index is 12.3. The van der Waals surface area contributed by atoms with Gasteiger partial charge in [-0.05, 0) is 50.6 Å². The van der Waals surface area contributed by atoms with Crippen LogP contribution in [0.25, 0.3) is 0 Å². The smallest absolute Gasteiger partial charge is 0.240 e. The largest absolute Gasteiger partial charge is 0.491 e. The van der Waals surface area contributed by atoms with Crippen LogP contribution in [0.4, 0.5) is 0 Å². The highest BCUT2D eigenvalue weighted by Crippen LogP contribution is 2.17. The molecule has 0 spiro atoms. The minimum Gasteiger partial charge on any atom is -0.491 e. The molecule has 1 fully saturated rings. The van der Waals surface area contributed by atoms with Gasteiger partial charge in [0.15, 0.2) is 0 Å². The molecule has 1 saturated heterocycles. The normalized spacial score (nSPS) is 19.0. The number of piperidine rings is 1. The van der Waals surface area contributed by atoms with Crippen LogP contribution in [0, 0.1) is 0 Å². The topological polar surface area (TPSA) is 76.7 Å². The highest BCUT2D eigenvalue weighted by molar-refractivity contribution is 7.89. The summed E-state index contributed by atoms with van der Waals surface area (Å²) >= 11 is 0. The van der Waals surface area contributed by atoms with E-state index in [0.29, 0.717) is 32.1 Å². The lowest BCUT2D eigenvalue weighted by molar-refractivity contribution is 0.110. The van der Waals surface area contributed by atoms with Crippen LogP contribution in [-0.4, -0.2) is 47.4 Å². The maximum atomic E-state index is 12.3. The van der Waals surface area contributed by atoms with Crippen molar-refractivity contribution in [3.05, 3.63) is 24.3 Å². The van der Waals surface area contributed by atoms with Crippen LogP contribution in [0.5, 0.6) is 5.75 Å². The Kier molecular flexibility index (Phi) is 6.63. The van der Waals surface area contributed by atoms with E-state index in [9.17, 15) is 8.42 Å². The summed E-state index contributed by atoms with van der Waals surface area (Å²) in [5.41, 5.74) is 0. The zero-order chi connectivity index (χ0) is 15.8. The molecule has 1 unspecified atom stereocenters. The first-order valence-electron chi connectivity index (χ1n) is 7.65. The predicted molar refractivity (Wildman–Crippen MR) is 84.6 cm³/mol. The average molecular weight is 328 g/mol. The van der Waals surface area contributed by atoms with E-state index in [2.05, 4.69) is 10.0 Å². The molecule has 0 saturated carbocycles. The van der Waals surface area contributed by atoms with Crippen molar-refractivity contribution in [2.45, 2.75) is 30.7 Å². The summed E-state index contributed by atoms with van der Waals surface area (Å²) in [5.74, 6) is 0.637. The van der Waals surface area contributed by atoms with Crippen LogP contribution in [0.2, 0.25) is 0 Å². The molecule has 1 aromatic carbocycles. The van der Waals surface area contributed by atoms with Crippen molar-refractivity contribution in [1.29, 1.82) is 0 Å². The highest BCUT2D eigenvalue weighted by atomic mass is 32.2. The van der Waals surface area contributed by atoms with E-state index in [-0.39, 0.29) is 10.9 Å². The fourth-order valence-electron chi connectivity index (χ4n) is 2.32. The number of sulfonamides is 1. The highest BCUT2D eigenvalue weighted by Gasteiger charge is 2.21. The quantitative estimate of drug-likeness (QED) is 0.700. The van der Waals surface area contributed by atoms with Gasteiger partial charge < -0.3 is 14.8 Å². The molecule has 7 heteroatoms. The summed E-state index contributed by atoms with van der Waals surface area (Å²) in [5, 5.41) is 3.19. The van der Waals surface area contributed by atoms with Gasteiger partial charge in [0.25, 0.3) is 0 Å². The second-order valence-electron chi connectivity index (χ2n) is 5.18. The third-order valence-corrected chi connectivity index (χ3v) is 4.99. The van der Waals surface area contributed by atoms with Crippen molar-refractivity contribution in [1.82, 2.24) is 10.0 Å². The fraction of sp³-hybridized carbons (Fsp3) is 0.600. The molecule has 1 heterocycles. The first-order chi connectivity index (χ1) is 10.6. The monoisotopic (exact) mass is 328 g/mol. The average Bonchev–Trinajstić information content (AvgIpc) is 2.53. The van der Waals surface area contributed by atoms with Crippen LogP contribution in [0.15, 0.2) is 29.2 Å². The lowest BCUT2D eigenvalue weighted by atomic mass is 10.1. The molecule has 6 nitrogen and oxygen atoms in total. The Labute approximate surface area is 132 Å². The van der Waals surface area contributed by atoms with Gasteiger partial charge in [0, 0.05) is 19.2 Å². The second-order valence-corrected chi connectivity index (χ2v) is 6.90. The molecule has 0 aromatic heterocycles. The van der Waals surface area contributed by atoms with Gasteiger partial charge in [0.05, 0.1) is 11.5 Å². The first-order valence-corrected chi connectivity index (χ1v) is 9.14. The van der Waals surface area contributed by atoms with E-state index in [1.54, 1.807) is 24.3 Å². The van der Waals surface area contributed by atoms with Crippen molar-refractivity contribution in [3.8, 4) is 5.75 Å². The summed E-state index contributed by atoms with van der Waals surface area (Å²) in [4.78, 5) is 0.259. The molecule has 0 radical (unpaired) electrons. The Morgan fingerprint density at radius 3 is 2.68 bits per heavy atom. The SMILES string of the molecule is CCOCCOc1ccc(S(=O)(=O)NC2CCCNC2)cc1. The second kappa shape index (κ2) is 8.47. The van der Waals surface area contributed by atoms with E-state index in [1.165, 1.54) is 0 Å². The fourth-order valence-corrected chi connectivity index (χ4v) is 3.59. The molecule has 0 aliphatic carbocycles. The van der Waals surface area contributed by atoms with Gasteiger partial charge in [0.1, 0.15) is 12.4 Å². The predicted octanol–water partition coefficient (Wildman–Crippen LogP) is 1.13. The molecular formula is C15H24N2O4S. The zero-order valence-electron chi connectivity index (χ0n) is 12.9. The van der Waals surface area contributed by atoms with Gasteiger partial charge in [0.2, 0.25) is 10.0 Å². The summed E-state index contributed by atoms with van der Waals surface area (Å²) in [6.45, 7) is 5.18. The first kappa shape index (κ1) is 17.2.